The highest BCUT2D eigenvalue weighted by Gasteiger charge is 2.21. The molecule has 7 nitrogen and oxygen atoms in total. The second kappa shape index (κ2) is 6.64. The summed E-state index contributed by atoms with van der Waals surface area (Å²) >= 11 is 1.33. The molecule has 3 heterocycles. The van der Waals surface area contributed by atoms with Crippen molar-refractivity contribution in [2.24, 2.45) is 0 Å². The van der Waals surface area contributed by atoms with Crippen LogP contribution in [0.3, 0.4) is 0 Å². The number of aromatic nitrogens is 3. The van der Waals surface area contributed by atoms with Crippen molar-refractivity contribution in [1.29, 1.82) is 0 Å². The minimum absolute atomic E-state index is 0.172. The molecule has 3 aromatic rings. The van der Waals surface area contributed by atoms with Crippen molar-refractivity contribution in [1.82, 2.24) is 15.1 Å². The number of anilines is 3. The van der Waals surface area contributed by atoms with Gasteiger partial charge in [0.25, 0.3) is 5.91 Å². The van der Waals surface area contributed by atoms with Crippen LogP contribution in [0.25, 0.3) is 0 Å². The van der Waals surface area contributed by atoms with Gasteiger partial charge in [-0.3, -0.25) is 4.79 Å². The third-order valence-corrected chi connectivity index (χ3v) is 4.13. The molecule has 130 valence electrons. The van der Waals surface area contributed by atoms with E-state index in [2.05, 4.69) is 25.8 Å². The highest BCUT2D eigenvalue weighted by Crippen LogP contribution is 2.25. The number of thiazole rings is 1. The predicted molar refractivity (Wildman–Crippen MR) is 97.5 cm³/mol. The second-order valence-corrected chi connectivity index (χ2v) is 7.52. The van der Waals surface area contributed by atoms with Crippen LogP contribution in [-0.2, 0) is 5.41 Å². The number of rotatable bonds is 4. The van der Waals surface area contributed by atoms with Gasteiger partial charge in [0, 0.05) is 23.1 Å². The van der Waals surface area contributed by atoms with E-state index >= 15 is 0 Å². The van der Waals surface area contributed by atoms with Crippen molar-refractivity contribution >= 4 is 34.0 Å². The fourth-order valence-corrected chi connectivity index (χ4v) is 2.65. The standard InChI is InChI=1S/C17H19N5O2S/c1-10-5-6-13(18-8-10)21-16-19-11(9-25-16)15(23)20-14-7-12(24-22-14)17(2,3)4/h5-9H,1-4H3,(H,18,19,21)(H,20,22,23). The molecule has 0 aliphatic rings. The van der Waals surface area contributed by atoms with Crippen LogP contribution in [0, 0.1) is 6.92 Å². The molecule has 0 aliphatic heterocycles. The van der Waals surface area contributed by atoms with Crippen LogP contribution < -0.4 is 10.6 Å². The topological polar surface area (TPSA) is 92.9 Å². The van der Waals surface area contributed by atoms with Gasteiger partial charge in [-0.05, 0) is 18.6 Å². The quantitative estimate of drug-likeness (QED) is 0.729. The van der Waals surface area contributed by atoms with Crippen LogP contribution in [0.2, 0.25) is 0 Å². The number of nitrogens with one attached hydrogen (secondary N) is 2. The minimum Gasteiger partial charge on any atom is -0.359 e. The van der Waals surface area contributed by atoms with Crippen LogP contribution in [0.1, 0.15) is 42.6 Å². The SMILES string of the molecule is Cc1ccc(Nc2nc(C(=O)Nc3cc(C(C)(C)C)on3)cs2)nc1. The van der Waals surface area contributed by atoms with Crippen molar-refractivity contribution in [2.45, 2.75) is 33.1 Å². The number of hydrogen-bond donors (Lipinski definition) is 2. The zero-order valence-electron chi connectivity index (χ0n) is 14.5. The summed E-state index contributed by atoms with van der Waals surface area (Å²) in [5.74, 6) is 1.42. The van der Waals surface area contributed by atoms with Gasteiger partial charge in [-0.1, -0.05) is 32.0 Å². The van der Waals surface area contributed by atoms with E-state index < -0.39 is 0 Å². The Morgan fingerprint density at radius 3 is 2.68 bits per heavy atom. The van der Waals surface area contributed by atoms with Crippen molar-refractivity contribution in [3.63, 3.8) is 0 Å². The number of nitrogens with zero attached hydrogens (tertiary/aromatic N) is 3. The first-order valence-corrected chi connectivity index (χ1v) is 8.63. The molecule has 2 N–H and O–H groups in total. The van der Waals surface area contributed by atoms with Crippen molar-refractivity contribution < 1.29 is 9.32 Å². The van der Waals surface area contributed by atoms with Gasteiger partial charge in [0.2, 0.25) is 0 Å². The molecule has 25 heavy (non-hydrogen) atoms. The average Bonchev–Trinajstić information content (AvgIpc) is 3.18. The summed E-state index contributed by atoms with van der Waals surface area (Å²) in [6.07, 6.45) is 1.76. The molecule has 0 saturated heterocycles. The first-order valence-electron chi connectivity index (χ1n) is 7.75. The van der Waals surface area contributed by atoms with Gasteiger partial charge in [-0.25, -0.2) is 9.97 Å². The Kier molecular flexibility index (Phi) is 4.54. The molecule has 0 aliphatic carbocycles. The molecule has 8 heteroatoms. The summed E-state index contributed by atoms with van der Waals surface area (Å²) in [6.45, 7) is 8.00. The molecular weight excluding hydrogens is 338 g/mol. The highest BCUT2D eigenvalue weighted by atomic mass is 32.1. The molecule has 0 spiro atoms. The van der Waals surface area contributed by atoms with Gasteiger partial charge >= 0.3 is 0 Å². The molecule has 3 rings (SSSR count). The lowest BCUT2D eigenvalue weighted by Gasteiger charge is -2.11. The van der Waals surface area contributed by atoms with Gasteiger partial charge in [0.1, 0.15) is 17.3 Å². The largest absolute Gasteiger partial charge is 0.359 e. The van der Waals surface area contributed by atoms with Crippen molar-refractivity contribution in [3.05, 3.63) is 46.8 Å². The van der Waals surface area contributed by atoms with Crippen molar-refractivity contribution in [2.75, 3.05) is 10.6 Å². The Morgan fingerprint density at radius 1 is 1.24 bits per heavy atom. The highest BCUT2D eigenvalue weighted by molar-refractivity contribution is 7.14. The molecule has 0 bridgehead atoms. The molecule has 0 fully saturated rings. The molecule has 0 unspecified atom stereocenters. The second-order valence-electron chi connectivity index (χ2n) is 6.66. The maximum Gasteiger partial charge on any atom is 0.276 e. The van der Waals surface area contributed by atoms with Gasteiger partial charge in [-0.2, -0.15) is 0 Å². The zero-order valence-corrected chi connectivity index (χ0v) is 15.3. The van der Waals surface area contributed by atoms with Gasteiger partial charge in [0.15, 0.2) is 10.9 Å². The number of pyridine rings is 1. The molecule has 3 aromatic heterocycles. The normalized spacial score (nSPS) is 11.4. The van der Waals surface area contributed by atoms with Gasteiger partial charge in [-0.15, -0.1) is 11.3 Å². The predicted octanol–water partition coefficient (Wildman–Crippen LogP) is 4.13. The Labute approximate surface area is 149 Å². The van der Waals surface area contributed by atoms with E-state index in [1.165, 1.54) is 11.3 Å². The summed E-state index contributed by atoms with van der Waals surface area (Å²) in [5.41, 5.74) is 1.21. The van der Waals surface area contributed by atoms with E-state index in [0.717, 1.165) is 5.56 Å². The molecule has 1 amide bonds. The molecular formula is C17H19N5O2S. The summed E-state index contributed by atoms with van der Waals surface area (Å²) in [6, 6.07) is 5.54. The fraction of sp³-hybridized carbons (Fsp3) is 0.294. The number of hydrogen-bond acceptors (Lipinski definition) is 7. The lowest BCUT2D eigenvalue weighted by Crippen LogP contribution is -2.13. The van der Waals surface area contributed by atoms with Crippen LogP contribution in [0.5, 0.6) is 0 Å². The van der Waals surface area contributed by atoms with Crippen LogP contribution in [0.15, 0.2) is 34.3 Å². The number of aryl methyl sites for hydroxylation is 1. The van der Waals surface area contributed by atoms with E-state index in [9.17, 15) is 4.79 Å². The first kappa shape index (κ1) is 17.1. The Bertz CT molecular complexity index is 877. The lowest BCUT2D eigenvalue weighted by atomic mass is 9.93. The van der Waals surface area contributed by atoms with Crippen molar-refractivity contribution in [3.8, 4) is 0 Å². The fourth-order valence-electron chi connectivity index (χ4n) is 1.95. The van der Waals surface area contributed by atoms with Crippen LogP contribution in [0.4, 0.5) is 16.8 Å². The number of amides is 1. The van der Waals surface area contributed by atoms with E-state index in [0.29, 0.717) is 28.2 Å². The molecule has 0 aromatic carbocycles. The smallest absolute Gasteiger partial charge is 0.276 e. The Balaban J connectivity index is 1.66. The Hall–Kier alpha value is -2.74. The molecule has 0 radical (unpaired) electrons. The lowest BCUT2D eigenvalue weighted by molar-refractivity contribution is 0.102. The first-order chi connectivity index (χ1) is 11.8. The van der Waals surface area contributed by atoms with E-state index in [4.69, 9.17) is 4.52 Å². The van der Waals surface area contributed by atoms with E-state index in [-0.39, 0.29) is 11.3 Å². The molecule has 0 saturated carbocycles. The summed E-state index contributed by atoms with van der Waals surface area (Å²) in [4.78, 5) is 20.8. The third kappa shape index (κ3) is 4.21. The zero-order chi connectivity index (χ0) is 18.0. The summed E-state index contributed by atoms with van der Waals surface area (Å²) in [7, 11) is 0. The maximum absolute atomic E-state index is 12.3. The van der Waals surface area contributed by atoms with Gasteiger partial charge < -0.3 is 15.2 Å². The van der Waals surface area contributed by atoms with E-state index in [1.807, 2.05) is 39.8 Å². The Morgan fingerprint density at radius 2 is 2.04 bits per heavy atom. The summed E-state index contributed by atoms with van der Waals surface area (Å²) < 4.78 is 5.26. The number of carbonyl (C=O) groups is 1. The minimum atomic E-state index is -0.338. The molecule has 0 atom stereocenters. The maximum atomic E-state index is 12.3. The monoisotopic (exact) mass is 357 g/mol. The number of carbonyl (C=O) groups excluding carboxylic acids is 1. The third-order valence-electron chi connectivity index (χ3n) is 3.37. The average molecular weight is 357 g/mol. The van der Waals surface area contributed by atoms with Crippen LogP contribution >= 0.6 is 11.3 Å². The van der Waals surface area contributed by atoms with Crippen LogP contribution in [-0.4, -0.2) is 21.0 Å². The van der Waals surface area contributed by atoms with E-state index in [1.54, 1.807) is 17.6 Å². The van der Waals surface area contributed by atoms with Gasteiger partial charge in [0.05, 0.1) is 0 Å². The summed E-state index contributed by atoms with van der Waals surface area (Å²) in [5, 5.41) is 11.9.